The van der Waals surface area contributed by atoms with Gasteiger partial charge in [0, 0.05) is 5.69 Å². The van der Waals surface area contributed by atoms with Gasteiger partial charge in [-0.15, -0.1) is 0 Å². The van der Waals surface area contributed by atoms with E-state index in [1.54, 1.807) is 18.2 Å². The van der Waals surface area contributed by atoms with Crippen LogP contribution in [0.1, 0.15) is 27.4 Å². The summed E-state index contributed by atoms with van der Waals surface area (Å²) in [5, 5.41) is 12.4. The number of nitrogens with one attached hydrogen (secondary N) is 1. The van der Waals surface area contributed by atoms with Crippen molar-refractivity contribution in [3.05, 3.63) is 95.6 Å². The molecule has 0 radical (unpaired) electrons. The average Bonchev–Trinajstić information content (AvgIpc) is 3.02. The highest BCUT2D eigenvalue weighted by atomic mass is 16.4. The maximum atomic E-state index is 12.7. The predicted molar refractivity (Wildman–Crippen MR) is 104 cm³/mol. The highest BCUT2D eigenvalue weighted by Gasteiger charge is 2.35. The van der Waals surface area contributed by atoms with Crippen LogP contribution in [0.3, 0.4) is 0 Å². The molecule has 1 heterocycles. The number of anilines is 1. The highest BCUT2D eigenvalue weighted by Crippen LogP contribution is 2.36. The molecule has 4 rings (SSSR count). The fourth-order valence-electron chi connectivity index (χ4n) is 3.27. The van der Waals surface area contributed by atoms with E-state index in [0.29, 0.717) is 11.4 Å². The van der Waals surface area contributed by atoms with Crippen molar-refractivity contribution in [3.8, 4) is 0 Å². The number of hydrogen-bond acceptors (Lipinski definition) is 3. The van der Waals surface area contributed by atoms with Crippen LogP contribution >= 0.6 is 0 Å². The molecule has 0 saturated carbocycles. The van der Waals surface area contributed by atoms with Gasteiger partial charge in [-0.25, -0.2) is 4.79 Å². The first-order chi connectivity index (χ1) is 13.1. The molecule has 1 aliphatic rings. The van der Waals surface area contributed by atoms with Gasteiger partial charge in [0.1, 0.15) is 5.92 Å². The summed E-state index contributed by atoms with van der Waals surface area (Å²) < 4.78 is 0. The minimum absolute atomic E-state index is 0.0950. The number of carboxylic acid groups (broad SMARTS) is 1. The first-order valence-electron chi connectivity index (χ1n) is 8.51. The van der Waals surface area contributed by atoms with Crippen LogP contribution in [-0.2, 0) is 4.79 Å². The van der Waals surface area contributed by atoms with Gasteiger partial charge in [0.05, 0.1) is 17.0 Å². The van der Waals surface area contributed by atoms with E-state index < -0.39 is 11.9 Å². The Morgan fingerprint density at radius 3 is 2.33 bits per heavy atom. The summed E-state index contributed by atoms with van der Waals surface area (Å²) in [5.74, 6) is -1.84. The number of aliphatic imine (C=N–C) groups is 1. The Labute approximate surface area is 156 Å². The summed E-state index contributed by atoms with van der Waals surface area (Å²) >= 11 is 0. The van der Waals surface area contributed by atoms with E-state index in [0.717, 1.165) is 16.8 Å². The summed E-state index contributed by atoms with van der Waals surface area (Å²) in [4.78, 5) is 29.0. The lowest BCUT2D eigenvalue weighted by molar-refractivity contribution is -0.115. The fourth-order valence-corrected chi connectivity index (χ4v) is 3.27. The number of aromatic carboxylic acids is 1. The van der Waals surface area contributed by atoms with Gasteiger partial charge >= 0.3 is 5.97 Å². The topological polar surface area (TPSA) is 78.8 Å². The van der Waals surface area contributed by atoms with E-state index >= 15 is 0 Å². The number of carbonyl (C=O) groups excluding carboxylic acids is 1. The molecule has 5 nitrogen and oxygen atoms in total. The van der Waals surface area contributed by atoms with E-state index in [1.165, 1.54) is 6.07 Å². The van der Waals surface area contributed by atoms with E-state index in [2.05, 4.69) is 10.3 Å². The molecule has 0 aliphatic carbocycles. The van der Waals surface area contributed by atoms with E-state index in [1.807, 2.05) is 54.6 Å². The third kappa shape index (κ3) is 3.11. The van der Waals surface area contributed by atoms with Gasteiger partial charge in [-0.3, -0.25) is 9.79 Å². The summed E-state index contributed by atoms with van der Waals surface area (Å²) in [5.41, 5.74) is 3.29. The molecule has 132 valence electrons. The van der Waals surface area contributed by atoms with Gasteiger partial charge in [0.25, 0.3) is 0 Å². The van der Waals surface area contributed by atoms with Crippen molar-refractivity contribution in [1.82, 2.24) is 0 Å². The van der Waals surface area contributed by atoms with Gasteiger partial charge in [-0.05, 0) is 29.3 Å². The van der Waals surface area contributed by atoms with Crippen molar-refractivity contribution in [1.29, 1.82) is 0 Å². The van der Waals surface area contributed by atoms with Gasteiger partial charge < -0.3 is 10.4 Å². The average molecular weight is 356 g/mol. The predicted octanol–water partition coefficient (Wildman–Crippen LogP) is 4.24. The van der Waals surface area contributed by atoms with Crippen LogP contribution in [0, 0.1) is 0 Å². The molecule has 0 fully saturated rings. The number of para-hydroxylation sites is 2. The van der Waals surface area contributed by atoms with Gasteiger partial charge in [0.15, 0.2) is 0 Å². The lowest BCUT2D eigenvalue weighted by Crippen LogP contribution is -2.22. The van der Waals surface area contributed by atoms with Crippen molar-refractivity contribution in [3.63, 3.8) is 0 Å². The van der Waals surface area contributed by atoms with Crippen molar-refractivity contribution in [2.24, 2.45) is 4.99 Å². The largest absolute Gasteiger partial charge is 0.478 e. The van der Waals surface area contributed by atoms with Crippen LogP contribution in [-0.4, -0.2) is 22.7 Å². The molecule has 5 heteroatoms. The highest BCUT2D eigenvalue weighted by molar-refractivity contribution is 6.24. The zero-order valence-electron chi connectivity index (χ0n) is 14.3. The summed E-state index contributed by atoms with van der Waals surface area (Å²) in [7, 11) is 0. The van der Waals surface area contributed by atoms with Gasteiger partial charge in [-0.1, -0.05) is 60.7 Å². The summed E-state index contributed by atoms with van der Waals surface area (Å²) in [6.45, 7) is 0. The third-order valence-electron chi connectivity index (χ3n) is 4.51. The monoisotopic (exact) mass is 356 g/mol. The summed E-state index contributed by atoms with van der Waals surface area (Å²) in [6, 6.07) is 23.4. The second kappa shape index (κ2) is 6.88. The molecule has 3 aromatic carbocycles. The van der Waals surface area contributed by atoms with Crippen molar-refractivity contribution < 1.29 is 14.7 Å². The van der Waals surface area contributed by atoms with Gasteiger partial charge in [0.2, 0.25) is 5.91 Å². The smallest absolute Gasteiger partial charge is 0.337 e. The molecule has 0 saturated heterocycles. The van der Waals surface area contributed by atoms with E-state index in [-0.39, 0.29) is 11.5 Å². The Kier molecular flexibility index (Phi) is 4.26. The molecular weight excluding hydrogens is 340 g/mol. The second-order valence-electron chi connectivity index (χ2n) is 6.19. The number of nitrogens with zero attached hydrogens (tertiary/aromatic N) is 1. The molecule has 2 N–H and O–H groups in total. The molecule has 0 bridgehead atoms. The number of carbonyl (C=O) groups is 2. The first-order valence-corrected chi connectivity index (χ1v) is 8.51. The zero-order valence-corrected chi connectivity index (χ0v) is 14.3. The maximum absolute atomic E-state index is 12.7. The van der Waals surface area contributed by atoms with Crippen LogP contribution in [0.2, 0.25) is 0 Å². The zero-order chi connectivity index (χ0) is 18.8. The van der Waals surface area contributed by atoms with Crippen LogP contribution in [0.4, 0.5) is 11.4 Å². The minimum Gasteiger partial charge on any atom is -0.478 e. The second-order valence-corrected chi connectivity index (χ2v) is 6.19. The standard InChI is InChI=1S/C22H16N2O3/c25-21-19(15-10-4-6-12-17(15)24-21)20(14-8-2-1-3-9-14)23-18-13-7-5-11-16(18)22(26)27/h1-13,19H,(H,24,25)(H,26,27). The number of amides is 1. The Morgan fingerprint density at radius 1 is 0.889 bits per heavy atom. The van der Waals surface area contributed by atoms with Crippen LogP contribution in [0.5, 0.6) is 0 Å². The molecule has 0 aromatic heterocycles. The molecule has 27 heavy (non-hydrogen) atoms. The molecule has 3 aromatic rings. The number of hydrogen-bond donors (Lipinski definition) is 2. The molecule has 1 amide bonds. The van der Waals surface area contributed by atoms with Gasteiger partial charge in [-0.2, -0.15) is 0 Å². The van der Waals surface area contributed by atoms with Crippen molar-refractivity contribution in [2.45, 2.75) is 5.92 Å². The minimum atomic E-state index is -1.06. The Morgan fingerprint density at radius 2 is 1.56 bits per heavy atom. The lowest BCUT2D eigenvalue weighted by atomic mass is 9.90. The normalized spacial score (nSPS) is 15.9. The van der Waals surface area contributed by atoms with Crippen molar-refractivity contribution >= 4 is 29.0 Å². The Hall–Kier alpha value is -3.73. The third-order valence-corrected chi connectivity index (χ3v) is 4.51. The number of benzene rings is 3. The SMILES string of the molecule is O=C(O)c1ccccc1N=C(c1ccccc1)C1C(=O)Nc2ccccc21. The number of carboxylic acids is 1. The first kappa shape index (κ1) is 16.7. The molecular formula is C22H16N2O3. The Bertz CT molecular complexity index is 1060. The van der Waals surface area contributed by atoms with E-state index in [4.69, 9.17) is 0 Å². The molecule has 1 atom stereocenters. The molecule has 1 unspecified atom stereocenters. The van der Waals surface area contributed by atoms with Crippen molar-refractivity contribution in [2.75, 3.05) is 5.32 Å². The number of fused-ring (bicyclic) bond motifs is 1. The summed E-state index contributed by atoms with van der Waals surface area (Å²) in [6.07, 6.45) is 0. The van der Waals surface area contributed by atoms with Crippen LogP contribution in [0.15, 0.2) is 83.9 Å². The lowest BCUT2D eigenvalue weighted by Gasteiger charge is -2.14. The maximum Gasteiger partial charge on any atom is 0.337 e. The quantitative estimate of drug-likeness (QED) is 0.686. The number of rotatable bonds is 4. The fraction of sp³-hybridized carbons (Fsp3) is 0.0455. The van der Waals surface area contributed by atoms with Crippen LogP contribution in [0.25, 0.3) is 0 Å². The van der Waals surface area contributed by atoms with E-state index in [9.17, 15) is 14.7 Å². The van der Waals surface area contributed by atoms with Crippen LogP contribution < -0.4 is 5.32 Å². The Balaban J connectivity index is 1.93. The molecule has 1 aliphatic heterocycles. The molecule has 0 spiro atoms.